The third-order valence-electron chi connectivity index (χ3n) is 4.10. The molecule has 0 spiro atoms. The summed E-state index contributed by atoms with van der Waals surface area (Å²) in [6, 6.07) is 0. The van der Waals surface area contributed by atoms with Crippen LogP contribution in [0.25, 0.3) is 0 Å². The van der Waals surface area contributed by atoms with Gasteiger partial charge in [-0.3, -0.25) is 0 Å². The van der Waals surface area contributed by atoms with E-state index in [1.165, 1.54) is 44.9 Å². The summed E-state index contributed by atoms with van der Waals surface area (Å²) in [6.07, 6.45) is 10.2. The molecule has 0 aromatic carbocycles. The maximum Gasteiger partial charge on any atom is 0.0711 e. The fourth-order valence-electron chi connectivity index (χ4n) is 3.30. The lowest BCUT2D eigenvalue weighted by Crippen LogP contribution is -2.14. The molecule has 2 saturated carbocycles. The molecule has 0 radical (unpaired) electrons. The zero-order chi connectivity index (χ0) is 9.31. The highest BCUT2D eigenvalue weighted by atomic mass is 16.3. The second kappa shape index (κ2) is 3.61. The number of hydrogen-bond donors (Lipinski definition) is 1. The van der Waals surface area contributed by atoms with Crippen molar-refractivity contribution in [3.8, 4) is 0 Å². The minimum Gasteiger partial charge on any atom is -0.389 e. The molecule has 0 aromatic heterocycles. The van der Waals surface area contributed by atoms with Crippen molar-refractivity contribution in [2.24, 2.45) is 11.8 Å². The van der Waals surface area contributed by atoms with E-state index in [9.17, 15) is 5.11 Å². The Balaban J connectivity index is 1.94. The van der Waals surface area contributed by atoms with Crippen LogP contribution in [0.1, 0.15) is 58.3 Å². The number of aliphatic hydroxyl groups is 1. The van der Waals surface area contributed by atoms with Gasteiger partial charge in [-0.2, -0.15) is 0 Å². The highest BCUT2D eigenvalue weighted by Gasteiger charge is 2.61. The van der Waals surface area contributed by atoms with Crippen LogP contribution in [0.5, 0.6) is 0 Å². The van der Waals surface area contributed by atoms with Crippen molar-refractivity contribution in [1.82, 2.24) is 0 Å². The summed E-state index contributed by atoms with van der Waals surface area (Å²) in [4.78, 5) is 0. The molecule has 0 amide bonds. The van der Waals surface area contributed by atoms with E-state index in [0.29, 0.717) is 11.8 Å². The number of fused-ring (bicyclic) bond motifs is 1. The lowest BCUT2D eigenvalue weighted by Gasteiger charge is -2.13. The van der Waals surface area contributed by atoms with Gasteiger partial charge in [-0.1, -0.05) is 39.0 Å². The van der Waals surface area contributed by atoms with Crippen LogP contribution in [0.3, 0.4) is 0 Å². The van der Waals surface area contributed by atoms with Gasteiger partial charge < -0.3 is 5.11 Å². The summed E-state index contributed by atoms with van der Waals surface area (Å²) >= 11 is 0. The van der Waals surface area contributed by atoms with Gasteiger partial charge in [0.15, 0.2) is 0 Å². The summed E-state index contributed by atoms with van der Waals surface area (Å²) in [5.41, 5.74) is -0.212. The maximum atomic E-state index is 10.3. The van der Waals surface area contributed by atoms with Gasteiger partial charge in [0.1, 0.15) is 0 Å². The Kier molecular flexibility index (Phi) is 2.64. The van der Waals surface area contributed by atoms with Gasteiger partial charge in [0.05, 0.1) is 5.60 Å². The molecule has 2 aliphatic carbocycles. The number of rotatable bonds is 2. The van der Waals surface area contributed by atoms with E-state index < -0.39 is 0 Å². The third kappa shape index (κ3) is 1.63. The molecule has 2 rings (SSSR count). The summed E-state index contributed by atoms with van der Waals surface area (Å²) in [5, 5.41) is 10.3. The van der Waals surface area contributed by atoms with Gasteiger partial charge in [-0.15, -0.1) is 0 Å². The Morgan fingerprint density at radius 2 is 2.00 bits per heavy atom. The highest BCUT2D eigenvalue weighted by Crippen LogP contribution is 2.59. The molecular weight excluding hydrogens is 160 g/mol. The zero-order valence-electron chi connectivity index (χ0n) is 8.76. The van der Waals surface area contributed by atoms with Crippen molar-refractivity contribution in [3.63, 3.8) is 0 Å². The molecule has 1 heteroatoms. The van der Waals surface area contributed by atoms with Crippen molar-refractivity contribution >= 4 is 0 Å². The summed E-state index contributed by atoms with van der Waals surface area (Å²) in [7, 11) is 0. The van der Waals surface area contributed by atoms with Crippen LogP contribution in [-0.4, -0.2) is 10.7 Å². The molecule has 0 saturated heterocycles. The molecule has 76 valence electrons. The third-order valence-corrected chi connectivity index (χ3v) is 4.10. The largest absolute Gasteiger partial charge is 0.389 e. The maximum absolute atomic E-state index is 10.3. The Labute approximate surface area is 81.5 Å². The van der Waals surface area contributed by atoms with Crippen molar-refractivity contribution in [2.75, 3.05) is 0 Å². The molecular formula is C12H22O. The first-order valence-corrected chi connectivity index (χ1v) is 6.01. The minimum atomic E-state index is -0.212. The number of hydrogen-bond acceptors (Lipinski definition) is 1. The average Bonchev–Trinajstić information content (AvgIpc) is 2.58. The summed E-state index contributed by atoms with van der Waals surface area (Å²) in [6.45, 7) is 2.23. The van der Waals surface area contributed by atoms with Gasteiger partial charge in [0.25, 0.3) is 0 Å². The normalized spacial score (nSPS) is 44.8. The summed E-state index contributed by atoms with van der Waals surface area (Å²) < 4.78 is 0. The Bertz CT molecular complexity index is 172. The van der Waals surface area contributed by atoms with Crippen molar-refractivity contribution in [2.45, 2.75) is 63.9 Å². The molecule has 13 heavy (non-hydrogen) atoms. The molecule has 2 fully saturated rings. The quantitative estimate of drug-likeness (QED) is 0.695. The van der Waals surface area contributed by atoms with Gasteiger partial charge in [-0.25, -0.2) is 0 Å². The van der Waals surface area contributed by atoms with Gasteiger partial charge >= 0.3 is 0 Å². The first-order valence-electron chi connectivity index (χ1n) is 6.01. The van der Waals surface area contributed by atoms with E-state index in [0.717, 1.165) is 6.42 Å². The fraction of sp³-hybridized carbons (Fsp3) is 1.00. The lowest BCUT2D eigenvalue weighted by molar-refractivity contribution is 0.0978. The van der Waals surface area contributed by atoms with Crippen LogP contribution in [0.4, 0.5) is 0 Å². The molecule has 0 heterocycles. The molecule has 1 N–H and O–H groups in total. The monoisotopic (exact) mass is 182 g/mol. The van der Waals surface area contributed by atoms with Crippen LogP contribution >= 0.6 is 0 Å². The van der Waals surface area contributed by atoms with E-state index in [1.54, 1.807) is 0 Å². The Morgan fingerprint density at radius 3 is 2.77 bits per heavy atom. The van der Waals surface area contributed by atoms with Crippen LogP contribution in [-0.2, 0) is 0 Å². The summed E-state index contributed by atoms with van der Waals surface area (Å²) in [5.74, 6) is 1.34. The van der Waals surface area contributed by atoms with E-state index in [2.05, 4.69) is 6.92 Å². The SMILES string of the molecule is CCCC1C2CCCCCCC12O. The predicted molar refractivity (Wildman–Crippen MR) is 54.5 cm³/mol. The second-order valence-electron chi connectivity index (χ2n) is 4.95. The average molecular weight is 182 g/mol. The minimum absolute atomic E-state index is 0.212. The van der Waals surface area contributed by atoms with Gasteiger partial charge in [0, 0.05) is 0 Å². The second-order valence-corrected chi connectivity index (χ2v) is 4.95. The standard InChI is InChI=1S/C12H22O/c1-2-7-10-11-8-5-3-4-6-9-12(10,11)13/h10-11,13H,2-9H2,1H3. The molecule has 1 nitrogen and oxygen atoms in total. The Hall–Kier alpha value is -0.0400. The fourth-order valence-corrected chi connectivity index (χ4v) is 3.30. The topological polar surface area (TPSA) is 20.2 Å². The molecule has 3 atom stereocenters. The van der Waals surface area contributed by atoms with Crippen molar-refractivity contribution in [3.05, 3.63) is 0 Å². The zero-order valence-corrected chi connectivity index (χ0v) is 8.76. The Morgan fingerprint density at radius 1 is 1.23 bits per heavy atom. The van der Waals surface area contributed by atoms with Crippen molar-refractivity contribution in [1.29, 1.82) is 0 Å². The van der Waals surface area contributed by atoms with Crippen LogP contribution < -0.4 is 0 Å². The van der Waals surface area contributed by atoms with Gasteiger partial charge in [-0.05, 0) is 31.1 Å². The first kappa shape index (κ1) is 9.51. The molecule has 0 aliphatic heterocycles. The predicted octanol–water partition coefficient (Wildman–Crippen LogP) is 3.12. The smallest absolute Gasteiger partial charge is 0.0711 e. The van der Waals surface area contributed by atoms with Crippen LogP contribution in [0, 0.1) is 11.8 Å². The van der Waals surface area contributed by atoms with E-state index in [4.69, 9.17) is 0 Å². The molecule has 2 aliphatic rings. The first-order chi connectivity index (χ1) is 6.29. The van der Waals surface area contributed by atoms with Crippen LogP contribution in [0.2, 0.25) is 0 Å². The van der Waals surface area contributed by atoms with Crippen molar-refractivity contribution < 1.29 is 5.11 Å². The lowest BCUT2D eigenvalue weighted by atomic mass is 9.99. The molecule has 0 bridgehead atoms. The highest BCUT2D eigenvalue weighted by molar-refractivity contribution is 5.11. The van der Waals surface area contributed by atoms with Gasteiger partial charge in [0.2, 0.25) is 0 Å². The molecule has 3 unspecified atom stereocenters. The van der Waals surface area contributed by atoms with E-state index in [-0.39, 0.29) is 5.60 Å². The molecule has 0 aromatic rings. The van der Waals surface area contributed by atoms with E-state index >= 15 is 0 Å². The van der Waals surface area contributed by atoms with Crippen LogP contribution in [0.15, 0.2) is 0 Å². The van der Waals surface area contributed by atoms with E-state index in [1.807, 2.05) is 0 Å².